The quantitative estimate of drug-likeness (QED) is 0.455. The van der Waals surface area contributed by atoms with E-state index in [0.29, 0.717) is 6.54 Å². The number of nitrogens with zero attached hydrogens (tertiary/aromatic N) is 2. The van der Waals surface area contributed by atoms with Gasteiger partial charge in [0.15, 0.2) is 0 Å². The van der Waals surface area contributed by atoms with E-state index in [4.69, 9.17) is 9.47 Å². The van der Waals surface area contributed by atoms with Gasteiger partial charge in [0.05, 0.1) is 6.61 Å². The van der Waals surface area contributed by atoms with Crippen LogP contribution in [-0.4, -0.2) is 53.3 Å². The predicted octanol–water partition coefficient (Wildman–Crippen LogP) is 4.46. The van der Waals surface area contributed by atoms with Crippen molar-refractivity contribution in [1.82, 2.24) is 9.80 Å². The second-order valence-corrected chi connectivity index (χ2v) is 7.70. The molecular weight excluding hydrogens is 432 g/mol. The van der Waals surface area contributed by atoms with Crippen LogP contribution in [0.3, 0.4) is 0 Å². The standard InChI is InChI=1S/C27H30N2O5/c30-19-18-28(26(31)33-21-24-12-6-2-7-13-24)16-17-29(20-23-10-4-1-5-11-23)27(32)34-22-25-14-8-3-9-15-25/h1-15,30H,16-22H2. The van der Waals surface area contributed by atoms with Crippen LogP contribution < -0.4 is 0 Å². The van der Waals surface area contributed by atoms with E-state index in [2.05, 4.69) is 0 Å². The van der Waals surface area contributed by atoms with Gasteiger partial charge in [-0.2, -0.15) is 0 Å². The number of carbonyl (C=O) groups excluding carboxylic acids is 2. The van der Waals surface area contributed by atoms with Crippen molar-refractivity contribution >= 4 is 12.2 Å². The SMILES string of the molecule is O=C(OCc1ccccc1)N(CCO)CCN(Cc1ccccc1)C(=O)OCc1ccccc1. The number of hydrogen-bond donors (Lipinski definition) is 1. The second-order valence-electron chi connectivity index (χ2n) is 7.70. The zero-order valence-corrected chi connectivity index (χ0v) is 19.1. The summed E-state index contributed by atoms with van der Waals surface area (Å²) in [7, 11) is 0. The number of carbonyl (C=O) groups is 2. The molecule has 34 heavy (non-hydrogen) atoms. The van der Waals surface area contributed by atoms with Crippen molar-refractivity contribution in [3.8, 4) is 0 Å². The summed E-state index contributed by atoms with van der Waals surface area (Å²) >= 11 is 0. The average molecular weight is 463 g/mol. The fourth-order valence-corrected chi connectivity index (χ4v) is 3.32. The van der Waals surface area contributed by atoms with Crippen molar-refractivity contribution in [3.05, 3.63) is 108 Å². The summed E-state index contributed by atoms with van der Waals surface area (Å²) in [4.78, 5) is 28.5. The van der Waals surface area contributed by atoms with Crippen molar-refractivity contribution in [1.29, 1.82) is 0 Å². The Balaban J connectivity index is 1.61. The van der Waals surface area contributed by atoms with E-state index in [1.54, 1.807) is 4.90 Å². The minimum Gasteiger partial charge on any atom is -0.445 e. The Kier molecular flexibility index (Phi) is 9.95. The minimum atomic E-state index is -0.546. The van der Waals surface area contributed by atoms with Gasteiger partial charge in [-0.3, -0.25) is 0 Å². The molecule has 0 aliphatic rings. The normalized spacial score (nSPS) is 10.4. The number of amides is 2. The molecule has 0 aliphatic carbocycles. The molecule has 0 unspecified atom stereocenters. The van der Waals surface area contributed by atoms with Gasteiger partial charge in [-0.15, -0.1) is 0 Å². The fourth-order valence-electron chi connectivity index (χ4n) is 3.32. The van der Waals surface area contributed by atoms with Crippen molar-refractivity contribution in [2.75, 3.05) is 26.2 Å². The van der Waals surface area contributed by atoms with Gasteiger partial charge in [0.25, 0.3) is 0 Å². The molecule has 0 radical (unpaired) electrons. The maximum atomic E-state index is 12.9. The Morgan fingerprint density at radius 2 is 1.00 bits per heavy atom. The van der Waals surface area contributed by atoms with Gasteiger partial charge < -0.3 is 24.4 Å². The van der Waals surface area contributed by atoms with Gasteiger partial charge in [0, 0.05) is 26.2 Å². The third-order valence-corrected chi connectivity index (χ3v) is 5.15. The molecule has 7 nitrogen and oxygen atoms in total. The molecule has 3 aromatic rings. The van der Waals surface area contributed by atoms with Gasteiger partial charge in [0.2, 0.25) is 0 Å². The summed E-state index contributed by atoms with van der Waals surface area (Å²) < 4.78 is 10.9. The summed E-state index contributed by atoms with van der Waals surface area (Å²) in [6, 6.07) is 28.4. The molecule has 0 saturated heterocycles. The van der Waals surface area contributed by atoms with Gasteiger partial charge in [-0.25, -0.2) is 9.59 Å². The number of aliphatic hydroxyl groups excluding tert-OH is 1. The van der Waals surface area contributed by atoms with E-state index in [9.17, 15) is 14.7 Å². The number of hydrogen-bond acceptors (Lipinski definition) is 5. The lowest BCUT2D eigenvalue weighted by molar-refractivity contribution is 0.0722. The van der Waals surface area contributed by atoms with Gasteiger partial charge in [-0.1, -0.05) is 91.0 Å². The van der Waals surface area contributed by atoms with Gasteiger partial charge in [-0.05, 0) is 16.7 Å². The molecule has 0 bridgehead atoms. The highest BCUT2D eigenvalue weighted by atomic mass is 16.6. The second kappa shape index (κ2) is 13.6. The van der Waals surface area contributed by atoms with Crippen LogP contribution in [0, 0.1) is 0 Å². The first-order chi connectivity index (χ1) is 16.7. The molecule has 3 aromatic carbocycles. The molecule has 1 N–H and O–H groups in total. The number of aliphatic hydroxyl groups is 1. The van der Waals surface area contributed by atoms with Crippen molar-refractivity contribution in [2.45, 2.75) is 19.8 Å². The van der Waals surface area contributed by atoms with Crippen LogP contribution >= 0.6 is 0 Å². The number of benzene rings is 3. The van der Waals surface area contributed by atoms with Gasteiger partial charge >= 0.3 is 12.2 Å². The molecular formula is C27H30N2O5. The van der Waals surface area contributed by atoms with E-state index in [-0.39, 0.29) is 39.5 Å². The molecule has 7 heteroatoms. The van der Waals surface area contributed by atoms with Crippen LogP contribution in [0.1, 0.15) is 16.7 Å². The lowest BCUT2D eigenvalue weighted by Gasteiger charge is -2.27. The zero-order valence-electron chi connectivity index (χ0n) is 19.1. The minimum absolute atomic E-state index is 0.103. The molecule has 0 saturated carbocycles. The van der Waals surface area contributed by atoms with Crippen LogP contribution in [0.15, 0.2) is 91.0 Å². The Morgan fingerprint density at radius 3 is 1.47 bits per heavy atom. The maximum Gasteiger partial charge on any atom is 0.410 e. The van der Waals surface area contributed by atoms with E-state index in [0.717, 1.165) is 16.7 Å². The molecule has 178 valence electrons. The molecule has 0 aliphatic heterocycles. The maximum absolute atomic E-state index is 12.9. The molecule has 3 rings (SSSR count). The predicted molar refractivity (Wildman–Crippen MR) is 129 cm³/mol. The van der Waals surface area contributed by atoms with Crippen molar-refractivity contribution in [3.63, 3.8) is 0 Å². The molecule has 2 amide bonds. The number of rotatable bonds is 11. The first-order valence-electron chi connectivity index (χ1n) is 11.2. The third kappa shape index (κ3) is 8.26. The van der Waals surface area contributed by atoms with Crippen molar-refractivity contribution in [2.24, 2.45) is 0 Å². The molecule has 0 heterocycles. The van der Waals surface area contributed by atoms with E-state index < -0.39 is 12.2 Å². The Bertz CT molecular complexity index is 999. The topological polar surface area (TPSA) is 79.3 Å². The molecule has 0 aromatic heterocycles. The fraction of sp³-hybridized carbons (Fsp3) is 0.259. The smallest absolute Gasteiger partial charge is 0.410 e. The molecule has 0 atom stereocenters. The highest BCUT2D eigenvalue weighted by Gasteiger charge is 2.20. The van der Waals surface area contributed by atoms with E-state index >= 15 is 0 Å². The monoisotopic (exact) mass is 462 g/mol. The summed E-state index contributed by atoms with van der Waals surface area (Å²) in [6.07, 6.45) is -1.02. The summed E-state index contributed by atoms with van der Waals surface area (Å²) in [6.45, 7) is 0.938. The van der Waals surface area contributed by atoms with Crippen LogP contribution in [-0.2, 0) is 29.2 Å². The Hall–Kier alpha value is -3.84. The third-order valence-electron chi connectivity index (χ3n) is 5.15. The van der Waals surface area contributed by atoms with E-state index in [1.165, 1.54) is 4.90 Å². The first kappa shape index (κ1) is 24.8. The molecule has 0 spiro atoms. The summed E-state index contributed by atoms with van der Waals surface area (Å²) in [5.74, 6) is 0. The Labute approximate surface area is 200 Å². The number of ether oxygens (including phenoxy) is 2. The van der Waals surface area contributed by atoms with Crippen LogP contribution in [0.25, 0.3) is 0 Å². The van der Waals surface area contributed by atoms with Crippen LogP contribution in [0.2, 0.25) is 0 Å². The zero-order chi connectivity index (χ0) is 24.0. The summed E-state index contributed by atoms with van der Waals surface area (Å²) in [5, 5.41) is 9.44. The largest absolute Gasteiger partial charge is 0.445 e. The Morgan fingerprint density at radius 1 is 0.588 bits per heavy atom. The molecule has 0 fully saturated rings. The van der Waals surface area contributed by atoms with E-state index in [1.807, 2.05) is 91.0 Å². The summed E-state index contributed by atoms with van der Waals surface area (Å²) in [5.41, 5.74) is 2.71. The highest BCUT2D eigenvalue weighted by Crippen LogP contribution is 2.10. The lowest BCUT2D eigenvalue weighted by Crippen LogP contribution is -2.42. The van der Waals surface area contributed by atoms with Crippen LogP contribution in [0.4, 0.5) is 9.59 Å². The average Bonchev–Trinajstić information content (AvgIpc) is 2.89. The highest BCUT2D eigenvalue weighted by molar-refractivity contribution is 5.69. The lowest BCUT2D eigenvalue weighted by atomic mass is 10.2. The van der Waals surface area contributed by atoms with Crippen molar-refractivity contribution < 1.29 is 24.2 Å². The first-order valence-corrected chi connectivity index (χ1v) is 11.2. The van der Waals surface area contributed by atoms with Gasteiger partial charge in [0.1, 0.15) is 13.2 Å². The van der Waals surface area contributed by atoms with Crippen LogP contribution in [0.5, 0.6) is 0 Å².